The molecule has 6 heteroatoms. The SMILES string of the molecule is Cc1cc(OC2CC(NC(=O)OC(C)(C)C)C2)cc(F)c1F. The predicted octanol–water partition coefficient (Wildman–Crippen LogP) is 3.71. The molecule has 0 radical (unpaired) electrons. The van der Waals surface area contributed by atoms with E-state index in [4.69, 9.17) is 9.47 Å². The van der Waals surface area contributed by atoms with Gasteiger partial charge in [0.05, 0.1) is 0 Å². The molecule has 4 nitrogen and oxygen atoms in total. The Kier molecular flexibility index (Phi) is 4.58. The second kappa shape index (κ2) is 6.10. The van der Waals surface area contributed by atoms with Gasteiger partial charge in [0.25, 0.3) is 0 Å². The molecule has 0 aromatic heterocycles. The first-order chi connectivity index (χ1) is 10.1. The van der Waals surface area contributed by atoms with Gasteiger partial charge in [0.15, 0.2) is 11.6 Å². The zero-order valence-electron chi connectivity index (χ0n) is 13.2. The highest BCUT2D eigenvalue weighted by molar-refractivity contribution is 5.68. The van der Waals surface area contributed by atoms with Gasteiger partial charge in [-0.25, -0.2) is 13.6 Å². The number of ether oxygens (including phenoxy) is 2. The summed E-state index contributed by atoms with van der Waals surface area (Å²) in [4.78, 5) is 11.6. The van der Waals surface area contributed by atoms with Crippen molar-refractivity contribution in [2.24, 2.45) is 0 Å². The molecule has 1 amide bonds. The first kappa shape index (κ1) is 16.5. The van der Waals surface area contributed by atoms with E-state index < -0.39 is 23.3 Å². The summed E-state index contributed by atoms with van der Waals surface area (Å²) in [6.45, 7) is 6.87. The Balaban J connectivity index is 1.79. The van der Waals surface area contributed by atoms with Gasteiger partial charge in [0.1, 0.15) is 17.5 Å². The summed E-state index contributed by atoms with van der Waals surface area (Å²) >= 11 is 0. The van der Waals surface area contributed by atoms with Crippen LogP contribution in [0.1, 0.15) is 39.2 Å². The number of carbonyl (C=O) groups is 1. The standard InChI is InChI=1S/C16H21F2NO3/c1-9-5-11(8-13(17)14(9)18)21-12-6-10(7-12)19-15(20)22-16(2,3)4/h5,8,10,12H,6-7H2,1-4H3,(H,19,20). The van der Waals surface area contributed by atoms with Crippen LogP contribution < -0.4 is 10.1 Å². The first-order valence-electron chi connectivity index (χ1n) is 7.26. The molecule has 0 bridgehead atoms. The van der Waals surface area contributed by atoms with E-state index in [9.17, 15) is 13.6 Å². The molecule has 1 aliphatic carbocycles. The van der Waals surface area contributed by atoms with E-state index in [-0.39, 0.29) is 17.7 Å². The molecule has 0 spiro atoms. The van der Waals surface area contributed by atoms with E-state index in [1.807, 2.05) is 0 Å². The number of aryl methyl sites for hydroxylation is 1. The Morgan fingerprint density at radius 1 is 1.27 bits per heavy atom. The lowest BCUT2D eigenvalue weighted by atomic mass is 9.89. The summed E-state index contributed by atoms with van der Waals surface area (Å²) < 4.78 is 37.2. The molecule has 0 heterocycles. The summed E-state index contributed by atoms with van der Waals surface area (Å²) in [5.41, 5.74) is -0.329. The molecule has 2 rings (SSSR count). The van der Waals surface area contributed by atoms with Crippen molar-refractivity contribution in [1.29, 1.82) is 0 Å². The zero-order chi connectivity index (χ0) is 16.5. The Morgan fingerprint density at radius 2 is 1.91 bits per heavy atom. The fourth-order valence-electron chi connectivity index (χ4n) is 2.21. The molecule has 22 heavy (non-hydrogen) atoms. The van der Waals surface area contributed by atoms with Crippen LogP contribution in [0.25, 0.3) is 0 Å². The van der Waals surface area contributed by atoms with Crippen molar-refractivity contribution in [2.45, 2.75) is 58.3 Å². The summed E-state index contributed by atoms with van der Waals surface area (Å²) in [6.07, 6.45) is 0.637. The minimum absolute atomic E-state index is 0.0220. The van der Waals surface area contributed by atoms with Crippen LogP contribution in [0.5, 0.6) is 5.75 Å². The van der Waals surface area contributed by atoms with Crippen LogP contribution in [0.2, 0.25) is 0 Å². The number of alkyl carbamates (subject to hydrolysis) is 1. The van der Waals surface area contributed by atoms with E-state index in [0.29, 0.717) is 18.6 Å². The van der Waals surface area contributed by atoms with Crippen molar-refractivity contribution in [3.05, 3.63) is 29.3 Å². The molecular formula is C16H21F2NO3. The minimum atomic E-state index is -0.919. The van der Waals surface area contributed by atoms with Crippen LogP contribution >= 0.6 is 0 Å². The largest absolute Gasteiger partial charge is 0.490 e. The van der Waals surface area contributed by atoms with Crippen molar-refractivity contribution in [1.82, 2.24) is 5.32 Å². The van der Waals surface area contributed by atoms with Crippen molar-refractivity contribution >= 4 is 6.09 Å². The van der Waals surface area contributed by atoms with Gasteiger partial charge < -0.3 is 14.8 Å². The lowest BCUT2D eigenvalue weighted by Gasteiger charge is -2.36. The van der Waals surface area contributed by atoms with Crippen LogP contribution in [-0.4, -0.2) is 23.8 Å². The average molecular weight is 313 g/mol. The highest BCUT2D eigenvalue weighted by Gasteiger charge is 2.33. The molecule has 1 saturated carbocycles. The van der Waals surface area contributed by atoms with Crippen LogP contribution in [0.4, 0.5) is 13.6 Å². The van der Waals surface area contributed by atoms with E-state index in [1.165, 1.54) is 13.0 Å². The smallest absolute Gasteiger partial charge is 0.407 e. The lowest BCUT2D eigenvalue weighted by Crippen LogP contribution is -2.50. The van der Waals surface area contributed by atoms with Crippen LogP contribution in [0.3, 0.4) is 0 Å². The summed E-state index contributed by atoms with van der Waals surface area (Å²) in [7, 11) is 0. The first-order valence-corrected chi connectivity index (χ1v) is 7.26. The molecule has 0 aliphatic heterocycles. The van der Waals surface area contributed by atoms with Crippen LogP contribution in [0.15, 0.2) is 12.1 Å². The molecule has 1 aromatic carbocycles. The van der Waals surface area contributed by atoms with Crippen molar-refractivity contribution in [3.63, 3.8) is 0 Å². The maximum absolute atomic E-state index is 13.3. The number of halogens is 2. The van der Waals surface area contributed by atoms with E-state index >= 15 is 0 Å². The molecule has 1 N–H and O–H groups in total. The number of rotatable bonds is 3. The lowest BCUT2D eigenvalue weighted by molar-refractivity contribution is 0.0362. The topological polar surface area (TPSA) is 47.6 Å². The number of amides is 1. The third-order valence-corrected chi connectivity index (χ3v) is 3.30. The molecule has 0 saturated heterocycles. The molecule has 0 atom stereocenters. The number of hydrogen-bond acceptors (Lipinski definition) is 3. The van der Waals surface area contributed by atoms with Gasteiger partial charge in [-0.3, -0.25) is 0 Å². The van der Waals surface area contributed by atoms with Crippen molar-refractivity contribution < 1.29 is 23.0 Å². The van der Waals surface area contributed by atoms with E-state index in [2.05, 4.69) is 5.32 Å². The molecular weight excluding hydrogens is 292 g/mol. The second-order valence-electron chi connectivity index (χ2n) is 6.59. The summed E-state index contributed by atoms with van der Waals surface area (Å²) in [6, 6.07) is 2.48. The van der Waals surface area contributed by atoms with Gasteiger partial charge in [0, 0.05) is 24.9 Å². The Labute approximate surface area is 128 Å². The summed E-state index contributed by atoms with van der Waals surface area (Å²) in [5, 5.41) is 2.75. The van der Waals surface area contributed by atoms with Crippen LogP contribution in [-0.2, 0) is 4.74 Å². The normalized spacial score (nSPS) is 21.0. The third-order valence-electron chi connectivity index (χ3n) is 3.30. The minimum Gasteiger partial charge on any atom is -0.490 e. The number of nitrogens with one attached hydrogen (secondary N) is 1. The monoisotopic (exact) mass is 313 g/mol. The van der Waals surface area contributed by atoms with Crippen molar-refractivity contribution in [3.8, 4) is 5.75 Å². The zero-order valence-corrected chi connectivity index (χ0v) is 13.2. The second-order valence-corrected chi connectivity index (χ2v) is 6.59. The van der Waals surface area contributed by atoms with Crippen molar-refractivity contribution in [2.75, 3.05) is 0 Å². The third kappa shape index (κ3) is 4.32. The summed E-state index contributed by atoms with van der Waals surface area (Å²) in [5.74, 6) is -1.47. The fraction of sp³-hybridized carbons (Fsp3) is 0.562. The maximum atomic E-state index is 13.3. The highest BCUT2D eigenvalue weighted by atomic mass is 19.2. The number of benzene rings is 1. The molecule has 1 aliphatic rings. The van der Waals surface area contributed by atoms with E-state index in [0.717, 1.165) is 6.07 Å². The predicted molar refractivity (Wildman–Crippen MR) is 77.9 cm³/mol. The Morgan fingerprint density at radius 3 is 2.45 bits per heavy atom. The van der Waals surface area contributed by atoms with Gasteiger partial charge >= 0.3 is 6.09 Å². The van der Waals surface area contributed by atoms with Gasteiger partial charge in [-0.1, -0.05) is 0 Å². The Bertz CT molecular complexity index is 540. The maximum Gasteiger partial charge on any atom is 0.407 e. The quantitative estimate of drug-likeness (QED) is 0.925. The average Bonchev–Trinajstić information content (AvgIpc) is 2.30. The number of hydrogen-bond donors (Lipinski definition) is 1. The van der Waals surface area contributed by atoms with Gasteiger partial charge in [-0.15, -0.1) is 0 Å². The molecule has 1 aromatic rings. The molecule has 122 valence electrons. The fourth-order valence-corrected chi connectivity index (χ4v) is 2.21. The molecule has 0 unspecified atom stereocenters. The molecule has 1 fully saturated rings. The van der Waals surface area contributed by atoms with Crippen LogP contribution in [0, 0.1) is 18.6 Å². The number of carbonyl (C=O) groups excluding carboxylic acids is 1. The van der Waals surface area contributed by atoms with Gasteiger partial charge in [0.2, 0.25) is 0 Å². The van der Waals surface area contributed by atoms with E-state index in [1.54, 1.807) is 20.8 Å². The van der Waals surface area contributed by atoms with Gasteiger partial charge in [-0.2, -0.15) is 0 Å². The Hall–Kier alpha value is -1.85. The highest BCUT2D eigenvalue weighted by Crippen LogP contribution is 2.28. The van der Waals surface area contributed by atoms with Gasteiger partial charge in [-0.05, 0) is 39.3 Å².